The number of ether oxygens (including phenoxy) is 3. The van der Waals surface area contributed by atoms with Crippen LogP contribution < -0.4 is 14.2 Å². The van der Waals surface area contributed by atoms with Crippen molar-refractivity contribution < 1.29 is 24.1 Å². The molecule has 0 spiro atoms. The van der Waals surface area contributed by atoms with Gasteiger partial charge in [-0.15, -0.1) is 0 Å². The molecule has 108 valence electrons. The molecule has 0 aromatic heterocycles. The SMILES string of the molecule is O=C(O)c1ccc(OCc2ccc3c(c2)OCO3)cc1Br. The van der Waals surface area contributed by atoms with Gasteiger partial charge < -0.3 is 19.3 Å². The lowest BCUT2D eigenvalue weighted by molar-refractivity contribution is 0.0696. The molecule has 1 heterocycles. The highest BCUT2D eigenvalue weighted by molar-refractivity contribution is 9.10. The van der Waals surface area contributed by atoms with Crippen LogP contribution in [0.3, 0.4) is 0 Å². The van der Waals surface area contributed by atoms with Crippen LogP contribution in [0.4, 0.5) is 0 Å². The second-order valence-electron chi connectivity index (χ2n) is 4.42. The third kappa shape index (κ3) is 2.95. The van der Waals surface area contributed by atoms with Gasteiger partial charge in [-0.05, 0) is 51.8 Å². The fourth-order valence-electron chi connectivity index (χ4n) is 1.96. The van der Waals surface area contributed by atoms with E-state index in [9.17, 15) is 4.79 Å². The van der Waals surface area contributed by atoms with E-state index in [0.29, 0.717) is 22.6 Å². The third-order valence-corrected chi connectivity index (χ3v) is 3.67. The molecule has 0 unspecified atom stereocenters. The summed E-state index contributed by atoms with van der Waals surface area (Å²) in [6.45, 7) is 0.596. The van der Waals surface area contributed by atoms with E-state index in [0.717, 1.165) is 11.3 Å². The van der Waals surface area contributed by atoms with Gasteiger partial charge in [-0.3, -0.25) is 0 Å². The van der Waals surface area contributed by atoms with Crippen LogP contribution in [0.15, 0.2) is 40.9 Å². The first kappa shape index (κ1) is 13.8. The Kier molecular flexibility index (Phi) is 3.70. The Labute approximate surface area is 129 Å². The number of hydrogen-bond acceptors (Lipinski definition) is 4. The van der Waals surface area contributed by atoms with Gasteiger partial charge in [-0.25, -0.2) is 4.79 Å². The summed E-state index contributed by atoms with van der Waals surface area (Å²) < 4.78 is 16.7. The lowest BCUT2D eigenvalue weighted by Gasteiger charge is -2.08. The van der Waals surface area contributed by atoms with Crippen LogP contribution in [0.5, 0.6) is 17.2 Å². The van der Waals surface area contributed by atoms with Gasteiger partial charge in [0.15, 0.2) is 11.5 Å². The van der Waals surface area contributed by atoms with E-state index in [2.05, 4.69) is 15.9 Å². The molecule has 1 N–H and O–H groups in total. The van der Waals surface area contributed by atoms with Crippen LogP contribution >= 0.6 is 15.9 Å². The molecule has 0 atom stereocenters. The van der Waals surface area contributed by atoms with Gasteiger partial charge in [0.2, 0.25) is 6.79 Å². The molecular formula is C15H11BrO5. The quantitative estimate of drug-likeness (QED) is 0.914. The van der Waals surface area contributed by atoms with Crippen molar-refractivity contribution in [2.24, 2.45) is 0 Å². The third-order valence-electron chi connectivity index (χ3n) is 3.01. The van der Waals surface area contributed by atoms with Gasteiger partial charge in [0.1, 0.15) is 12.4 Å². The fourth-order valence-corrected chi connectivity index (χ4v) is 2.48. The maximum absolute atomic E-state index is 10.9. The summed E-state index contributed by atoms with van der Waals surface area (Å²) in [7, 11) is 0. The van der Waals surface area contributed by atoms with E-state index in [1.54, 1.807) is 12.1 Å². The zero-order valence-electron chi connectivity index (χ0n) is 10.8. The van der Waals surface area contributed by atoms with Gasteiger partial charge in [0, 0.05) is 4.47 Å². The minimum Gasteiger partial charge on any atom is -0.489 e. The van der Waals surface area contributed by atoms with E-state index < -0.39 is 5.97 Å². The highest BCUT2D eigenvalue weighted by atomic mass is 79.9. The molecule has 21 heavy (non-hydrogen) atoms. The summed E-state index contributed by atoms with van der Waals surface area (Å²) in [5, 5.41) is 8.96. The van der Waals surface area contributed by atoms with E-state index in [1.165, 1.54) is 6.07 Å². The smallest absolute Gasteiger partial charge is 0.336 e. The molecule has 1 aliphatic rings. The van der Waals surface area contributed by atoms with Crippen molar-refractivity contribution >= 4 is 21.9 Å². The molecule has 2 aromatic rings. The summed E-state index contributed by atoms with van der Waals surface area (Å²) in [5.41, 5.74) is 1.14. The van der Waals surface area contributed by atoms with Gasteiger partial charge in [0.25, 0.3) is 0 Å². The highest BCUT2D eigenvalue weighted by Gasteiger charge is 2.13. The second-order valence-corrected chi connectivity index (χ2v) is 5.28. The van der Waals surface area contributed by atoms with E-state index in [1.807, 2.05) is 18.2 Å². The largest absolute Gasteiger partial charge is 0.489 e. The summed E-state index contributed by atoms with van der Waals surface area (Å²) in [5.74, 6) is 1.04. The van der Waals surface area contributed by atoms with Gasteiger partial charge in [-0.2, -0.15) is 0 Å². The Morgan fingerprint density at radius 3 is 2.76 bits per heavy atom. The summed E-state index contributed by atoms with van der Waals surface area (Å²) >= 11 is 3.22. The van der Waals surface area contributed by atoms with Gasteiger partial charge in [-0.1, -0.05) is 6.07 Å². The molecule has 1 aliphatic heterocycles. The Bertz CT molecular complexity index is 698. The first-order chi connectivity index (χ1) is 10.1. The molecule has 3 rings (SSSR count). The van der Waals surface area contributed by atoms with Crippen molar-refractivity contribution in [3.63, 3.8) is 0 Å². The molecule has 0 amide bonds. The predicted octanol–water partition coefficient (Wildman–Crippen LogP) is 3.46. The molecule has 0 saturated heterocycles. The topological polar surface area (TPSA) is 65.0 Å². The second kappa shape index (κ2) is 5.65. The first-order valence-electron chi connectivity index (χ1n) is 6.17. The molecule has 5 nitrogen and oxygen atoms in total. The molecule has 0 saturated carbocycles. The van der Waals surface area contributed by atoms with Crippen LogP contribution in [0, 0.1) is 0 Å². The highest BCUT2D eigenvalue weighted by Crippen LogP contribution is 2.33. The number of aromatic carboxylic acids is 1. The molecule has 0 bridgehead atoms. The zero-order valence-corrected chi connectivity index (χ0v) is 12.4. The predicted molar refractivity (Wildman–Crippen MR) is 78.0 cm³/mol. The standard InChI is InChI=1S/C15H11BrO5/c16-12-6-10(2-3-11(12)15(17)18)19-7-9-1-4-13-14(5-9)21-8-20-13/h1-6H,7-8H2,(H,17,18). The van der Waals surface area contributed by atoms with E-state index in [4.69, 9.17) is 19.3 Å². The lowest BCUT2D eigenvalue weighted by atomic mass is 10.2. The van der Waals surface area contributed by atoms with Crippen molar-refractivity contribution in [2.45, 2.75) is 6.61 Å². The number of hydrogen-bond donors (Lipinski definition) is 1. The minimum atomic E-state index is -0.982. The van der Waals surface area contributed by atoms with Crippen molar-refractivity contribution in [3.05, 3.63) is 52.0 Å². The molecule has 6 heteroatoms. The Balaban J connectivity index is 1.70. The van der Waals surface area contributed by atoms with Crippen molar-refractivity contribution in [2.75, 3.05) is 6.79 Å². The van der Waals surface area contributed by atoms with Crippen molar-refractivity contribution in [1.29, 1.82) is 0 Å². The number of fused-ring (bicyclic) bond motifs is 1. The van der Waals surface area contributed by atoms with Gasteiger partial charge in [0.05, 0.1) is 5.56 Å². The van der Waals surface area contributed by atoms with Crippen molar-refractivity contribution in [1.82, 2.24) is 0 Å². The van der Waals surface area contributed by atoms with E-state index in [-0.39, 0.29) is 12.4 Å². The monoisotopic (exact) mass is 350 g/mol. The van der Waals surface area contributed by atoms with Crippen molar-refractivity contribution in [3.8, 4) is 17.2 Å². The summed E-state index contributed by atoms with van der Waals surface area (Å²) in [6, 6.07) is 10.4. The number of carbonyl (C=O) groups is 1. The minimum absolute atomic E-state index is 0.199. The van der Waals surface area contributed by atoms with Crippen LogP contribution in [-0.4, -0.2) is 17.9 Å². The number of halogens is 1. The first-order valence-corrected chi connectivity index (χ1v) is 6.97. The van der Waals surface area contributed by atoms with E-state index >= 15 is 0 Å². The maximum atomic E-state index is 10.9. The molecule has 0 radical (unpaired) electrons. The average Bonchev–Trinajstić information content (AvgIpc) is 2.92. The molecule has 0 fully saturated rings. The molecule has 2 aromatic carbocycles. The Hall–Kier alpha value is -2.21. The molecule has 0 aliphatic carbocycles. The fraction of sp³-hybridized carbons (Fsp3) is 0.133. The Morgan fingerprint density at radius 2 is 2.00 bits per heavy atom. The van der Waals surface area contributed by atoms with Crippen LogP contribution in [0.2, 0.25) is 0 Å². The average molecular weight is 351 g/mol. The number of benzene rings is 2. The molecular weight excluding hydrogens is 340 g/mol. The van der Waals surface area contributed by atoms with Crippen LogP contribution in [-0.2, 0) is 6.61 Å². The summed E-state index contributed by atoms with van der Waals surface area (Å²) in [6.07, 6.45) is 0. The zero-order chi connectivity index (χ0) is 14.8. The Morgan fingerprint density at radius 1 is 1.19 bits per heavy atom. The van der Waals surface area contributed by atoms with Crippen LogP contribution in [0.25, 0.3) is 0 Å². The van der Waals surface area contributed by atoms with Crippen LogP contribution in [0.1, 0.15) is 15.9 Å². The number of rotatable bonds is 4. The van der Waals surface area contributed by atoms with Gasteiger partial charge >= 0.3 is 5.97 Å². The number of carboxylic acids is 1. The number of carboxylic acid groups (broad SMARTS) is 1. The summed E-state index contributed by atoms with van der Waals surface area (Å²) in [4.78, 5) is 10.9. The lowest BCUT2D eigenvalue weighted by Crippen LogP contribution is -1.99. The normalized spacial score (nSPS) is 12.2. The maximum Gasteiger partial charge on any atom is 0.336 e.